The maximum Gasteiger partial charge on any atom is 0.319 e. The summed E-state index contributed by atoms with van der Waals surface area (Å²) < 4.78 is 10.4. The van der Waals surface area contributed by atoms with Crippen molar-refractivity contribution >= 4 is 23.3 Å². The van der Waals surface area contributed by atoms with Crippen molar-refractivity contribution in [1.29, 1.82) is 0 Å². The number of urea groups is 1. The van der Waals surface area contributed by atoms with Crippen molar-refractivity contribution in [2.75, 3.05) is 26.1 Å². The Labute approximate surface area is 151 Å². The van der Waals surface area contributed by atoms with Crippen molar-refractivity contribution in [3.05, 3.63) is 52.5 Å². The minimum atomic E-state index is -0.947. The number of aryl methyl sites for hydroxylation is 1. The molecular weight excluding hydrogens is 344 g/mol. The number of carbonyl (C=O) groups excluding carboxylic acids is 1. The third kappa shape index (κ3) is 5.01. The lowest BCUT2D eigenvalue weighted by atomic mass is 10.1. The molecule has 134 valence electrons. The Morgan fingerprint density at radius 3 is 2.60 bits per heavy atom. The zero-order valence-corrected chi connectivity index (χ0v) is 15.1. The molecule has 0 aromatic heterocycles. The Kier molecular flexibility index (Phi) is 6.50. The molecule has 2 rings (SSSR count). The molecule has 2 aromatic rings. The molecule has 0 heterocycles. The van der Waals surface area contributed by atoms with E-state index >= 15 is 0 Å². The molecule has 0 bridgehead atoms. The van der Waals surface area contributed by atoms with Gasteiger partial charge in [-0.15, -0.1) is 0 Å². The van der Waals surface area contributed by atoms with E-state index in [1.54, 1.807) is 30.3 Å². The van der Waals surface area contributed by atoms with Gasteiger partial charge >= 0.3 is 6.03 Å². The lowest BCUT2D eigenvalue weighted by Gasteiger charge is -2.17. The fourth-order valence-electron chi connectivity index (χ4n) is 2.25. The van der Waals surface area contributed by atoms with Crippen LogP contribution in [0.2, 0.25) is 5.02 Å². The number of ether oxygens (including phenoxy) is 2. The predicted octanol–water partition coefficient (Wildman–Crippen LogP) is 3.52. The number of nitrogens with one attached hydrogen (secondary N) is 2. The Hall–Kier alpha value is -2.44. The summed E-state index contributed by atoms with van der Waals surface area (Å²) >= 11 is 6.03. The van der Waals surface area contributed by atoms with Gasteiger partial charge in [-0.3, -0.25) is 0 Å². The maximum absolute atomic E-state index is 12.0. The fourth-order valence-corrected chi connectivity index (χ4v) is 2.43. The Balaban J connectivity index is 1.98. The van der Waals surface area contributed by atoms with Gasteiger partial charge in [-0.2, -0.15) is 0 Å². The summed E-state index contributed by atoms with van der Waals surface area (Å²) in [5, 5.41) is 16.2. The lowest BCUT2D eigenvalue weighted by molar-refractivity contribution is 0.170. The van der Waals surface area contributed by atoms with Crippen molar-refractivity contribution in [2.45, 2.75) is 13.0 Å². The number of rotatable bonds is 6. The summed E-state index contributed by atoms with van der Waals surface area (Å²) in [6.07, 6.45) is -0.947. The Bertz CT molecular complexity index is 752. The number of carbonyl (C=O) groups is 1. The van der Waals surface area contributed by atoms with Crippen LogP contribution in [-0.2, 0) is 0 Å². The van der Waals surface area contributed by atoms with E-state index in [0.29, 0.717) is 27.8 Å². The normalized spacial score (nSPS) is 11.6. The standard InChI is InChI=1S/C18H21ClN2O4/c1-11-4-5-12(8-15(11)19)21-18(23)20-10-16(22)14-9-13(24-2)6-7-17(14)25-3/h4-9,16,22H,10H2,1-3H3,(H2,20,21,23)/t16-/m0/s1. The molecule has 0 saturated carbocycles. The van der Waals surface area contributed by atoms with Crippen LogP contribution in [0.4, 0.5) is 10.5 Å². The van der Waals surface area contributed by atoms with Gasteiger partial charge in [0, 0.05) is 22.8 Å². The van der Waals surface area contributed by atoms with Gasteiger partial charge in [0.15, 0.2) is 0 Å². The number of hydrogen-bond acceptors (Lipinski definition) is 4. The van der Waals surface area contributed by atoms with E-state index in [9.17, 15) is 9.90 Å². The molecule has 0 aliphatic rings. The van der Waals surface area contributed by atoms with Gasteiger partial charge < -0.3 is 25.2 Å². The third-order valence-corrected chi connectivity index (χ3v) is 4.09. The highest BCUT2D eigenvalue weighted by molar-refractivity contribution is 6.31. The molecule has 2 aromatic carbocycles. The lowest BCUT2D eigenvalue weighted by Crippen LogP contribution is -2.32. The van der Waals surface area contributed by atoms with Gasteiger partial charge in [0.2, 0.25) is 0 Å². The summed E-state index contributed by atoms with van der Waals surface area (Å²) in [7, 11) is 3.05. The average Bonchev–Trinajstić information content (AvgIpc) is 2.62. The molecule has 3 N–H and O–H groups in total. The zero-order valence-electron chi connectivity index (χ0n) is 14.3. The number of benzene rings is 2. The predicted molar refractivity (Wildman–Crippen MR) is 97.7 cm³/mol. The topological polar surface area (TPSA) is 79.8 Å². The van der Waals surface area contributed by atoms with Crippen LogP contribution >= 0.6 is 11.6 Å². The van der Waals surface area contributed by atoms with E-state index in [-0.39, 0.29) is 6.54 Å². The maximum atomic E-state index is 12.0. The van der Waals surface area contributed by atoms with Crippen LogP contribution in [0.1, 0.15) is 17.2 Å². The van der Waals surface area contributed by atoms with Gasteiger partial charge in [0.25, 0.3) is 0 Å². The SMILES string of the molecule is COc1ccc(OC)c([C@@H](O)CNC(=O)Nc2ccc(C)c(Cl)c2)c1. The molecule has 0 spiro atoms. The first-order valence-corrected chi connectivity index (χ1v) is 8.03. The van der Waals surface area contributed by atoms with Crippen molar-refractivity contribution in [1.82, 2.24) is 5.32 Å². The second-order valence-electron chi connectivity index (χ2n) is 5.42. The molecule has 0 unspecified atom stereocenters. The number of anilines is 1. The Morgan fingerprint density at radius 2 is 1.96 bits per heavy atom. The minimum absolute atomic E-state index is 0.00888. The molecule has 2 amide bonds. The van der Waals surface area contributed by atoms with Crippen molar-refractivity contribution < 1.29 is 19.4 Å². The summed E-state index contributed by atoms with van der Waals surface area (Å²) in [6.45, 7) is 1.89. The number of amides is 2. The summed E-state index contributed by atoms with van der Waals surface area (Å²) in [5.41, 5.74) is 2.02. The Morgan fingerprint density at radius 1 is 1.20 bits per heavy atom. The van der Waals surface area contributed by atoms with Crippen LogP contribution in [0.3, 0.4) is 0 Å². The van der Waals surface area contributed by atoms with Gasteiger partial charge in [0.1, 0.15) is 17.6 Å². The highest BCUT2D eigenvalue weighted by atomic mass is 35.5. The first-order chi connectivity index (χ1) is 11.9. The highest BCUT2D eigenvalue weighted by Crippen LogP contribution is 2.29. The van der Waals surface area contributed by atoms with Crippen molar-refractivity contribution in [3.8, 4) is 11.5 Å². The largest absolute Gasteiger partial charge is 0.497 e. The van der Waals surface area contributed by atoms with E-state index in [0.717, 1.165) is 5.56 Å². The smallest absolute Gasteiger partial charge is 0.319 e. The number of hydrogen-bond donors (Lipinski definition) is 3. The summed E-state index contributed by atoms with van der Waals surface area (Å²) in [4.78, 5) is 12.0. The number of methoxy groups -OCH3 is 2. The van der Waals surface area contributed by atoms with Gasteiger partial charge in [0.05, 0.1) is 14.2 Å². The molecule has 0 radical (unpaired) electrons. The second kappa shape index (κ2) is 8.60. The highest BCUT2D eigenvalue weighted by Gasteiger charge is 2.16. The monoisotopic (exact) mass is 364 g/mol. The van der Waals surface area contributed by atoms with Crippen molar-refractivity contribution in [3.63, 3.8) is 0 Å². The van der Waals surface area contributed by atoms with Gasteiger partial charge in [-0.1, -0.05) is 17.7 Å². The molecule has 0 aliphatic heterocycles. The molecule has 25 heavy (non-hydrogen) atoms. The van der Waals surface area contributed by atoms with Crippen LogP contribution in [-0.4, -0.2) is 31.9 Å². The quantitative estimate of drug-likeness (QED) is 0.732. The number of aliphatic hydroxyl groups excluding tert-OH is 1. The summed E-state index contributed by atoms with van der Waals surface area (Å²) in [5.74, 6) is 1.11. The first kappa shape index (κ1) is 18.9. The van der Waals surface area contributed by atoms with Gasteiger partial charge in [-0.05, 0) is 42.8 Å². The van der Waals surface area contributed by atoms with Crippen LogP contribution in [0.25, 0.3) is 0 Å². The zero-order chi connectivity index (χ0) is 18.4. The molecule has 0 saturated heterocycles. The van der Waals surface area contributed by atoms with Crippen LogP contribution < -0.4 is 20.1 Å². The van der Waals surface area contributed by atoms with Crippen LogP contribution in [0.5, 0.6) is 11.5 Å². The van der Waals surface area contributed by atoms with E-state index in [4.69, 9.17) is 21.1 Å². The number of halogens is 1. The van der Waals surface area contributed by atoms with E-state index < -0.39 is 12.1 Å². The van der Waals surface area contributed by atoms with E-state index in [1.807, 2.05) is 13.0 Å². The van der Waals surface area contributed by atoms with Crippen LogP contribution in [0, 0.1) is 6.92 Å². The first-order valence-electron chi connectivity index (χ1n) is 7.65. The minimum Gasteiger partial charge on any atom is -0.497 e. The number of aliphatic hydroxyl groups is 1. The molecular formula is C18H21ClN2O4. The van der Waals surface area contributed by atoms with Crippen LogP contribution in [0.15, 0.2) is 36.4 Å². The van der Waals surface area contributed by atoms with Gasteiger partial charge in [-0.25, -0.2) is 4.79 Å². The third-order valence-electron chi connectivity index (χ3n) is 3.68. The summed E-state index contributed by atoms with van der Waals surface area (Å²) in [6, 6.07) is 9.89. The fraction of sp³-hybridized carbons (Fsp3) is 0.278. The average molecular weight is 365 g/mol. The second-order valence-corrected chi connectivity index (χ2v) is 5.83. The van der Waals surface area contributed by atoms with E-state index in [2.05, 4.69) is 10.6 Å². The molecule has 6 nitrogen and oxygen atoms in total. The molecule has 0 aliphatic carbocycles. The molecule has 7 heteroatoms. The molecule has 1 atom stereocenters. The molecule has 0 fully saturated rings. The van der Waals surface area contributed by atoms with E-state index in [1.165, 1.54) is 14.2 Å². The van der Waals surface area contributed by atoms with Crippen molar-refractivity contribution in [2.24, 2.45) is 0 Å².